The van der Waals surface area contributed by atoms with Gasteiger partial charge in [-0.3, -0.25) is 9.89 Å². The number of aromatic nitrogens is 2. The first kappa shape index (κ1) is 17.1. The van der Waals surface area contributed by atoms with E-state index < -0.39 is 0 Å². The summed E-state index contributed by atoms with van der Waals surface area (Å²) in [7, 11) is 4.55. The molecule has 1 heterocycles. The molecule has 0 spiro atoms. The highest BCUT2D eigenvalue weighted by Crippen LogP contribution is 2.38. The Morgan fingerprint density at radius 2 is 1.72 bits per heavy atom. The Kier molecular flexibility index (Phi) is 5.11. The van der Waals surface area contributed by atoms with Gasteiger partial charge in [-0.25, -0.2) is 0 Å². The van der Waals surface area contributed by atoms with Crippen LogP contribution in [0, 0.1) is 0 Å². The van der Waals surface area contributed by atoms with E-state index in [1.54, 1.807) is 12.1 Å². The summed E-state index contributed by atoms with van der Waals surface area (Å²) in [6.07, 6.45) is 4.83. The van der Waals surface area contributed by atoms with E-state index in [9.17, 15) is 4.79 Å². The van der Waals surface area contributed by atoms with Crippen molar-refractivity contribution in [2.75, 3.05) is 26.6 Å². The van der Waals surface area contributed by atoms with Crippen LogP contribution in [0.15, 0.2) is 18.2 Å². The lowest BCUT2D eigenvalue weighted by molar-refractivity contribution is 0.102. The van der Waals surface area contributed by atoms with Crippen molar-refractivity contribution in [1.29, 1.82) is 0 Å². The van der Waals surface area contributed by atoms with Gasteiger partial charge in [0.15, 0.2) is 17.3 Å². The Labute approximate surface area is 146 Å². The first-order valence-electron chi connectivity index (χ1n) is 8.33. The molecule has 0 radical (unpaired) electrons. The van der Waals surface area contributed by atoms with Gasteiger partial charge in [-0.1, -0.05) is 12.8 Å². The maximum absolute atomic E-state index is 12.6. The van der Waals surface area contributed by atoms with Crippen LogP contribution in [-0.2, 0) is 0 Å². The van der Waals surface area contributed by atoms with Crippen molar-refractivity contribution in [3.8, 4) is 17.2 Å². The third-order valence-electron chi connectivity index (χ3n) is 4.56. The standard InChI is InChI=1S/C18H23N3O4/c1-23-14-8-12(9-15(24-2)17(14)25-3)18(22)19-16-10-13(20-21-16)11-6-4-5-7-11/h8-11H,4-7H2,1-3H3,(H2,19,20,21,22). The summed E-state index contributed by atoms with van der Waals surface area (Å²) in [6, 6.07) is 5.13. The fourth-order valence-corrected chi connectivity index (χ4v) is 3.25. The number of aromatic amines is 1. The number of anilines is 1. The van der Waals surface area contributed by atoms with Crippen LogP contribution in [0.5, 0.6) is 17.2 Å². The first-order chi connectivity index (χ1) is 12.2. The number of carbonyl (C=O) groups is 1. The van der Waals surface area contributed by atoms with Crippen molar-refractivity contribution in [2.24, 2.45) is 0 Å². The van der Waals surface area contributed by atoms with Gasteiger partial charge in [-0.15, -0.1) is 0 Å². The fraction of sp³-hybridized carbons (Fsp3) is 0.444. The van der Waals surface area contributed by atoms with Gasteiger partial charge in [-0.05, 0) is 25.0 Å². The lowest BCUT2D eigenvalue weighted by Gasteiger charge is -2.13. The lowest BCUT2D eigenvalue weighted by atomic mass is 10.0. The molecule has 2 N–H and O–H groups in total. The van der Waals surface area contributed by atoms with Crippen LogP contribution in [0.1, 0.15) is 47.7 Å². The van der Waals surface area contributed by atoms with Crippen LogP contribution in [0.3, 0.4) is 0 Å². The van der Waals surface area contributed by atoms with E-state index in [4.69, 9.17) is 14.2 Å². The number of carbonyl (C=O) groups excluding carboxylic acids is 1. The second kappa shape index (κ2) is 7.46. The molecule has 0 saturated heterocycles. The molecule has 7 nitrogen and oxygen atoms in total. The maximum Gasteiger partial charge on any atom is 0.257 e. The number of rotatable bonds is 6. The number of hydrogen-bond donors (Lipinski definition) is 2. The monoisotopic (exact) mass is 345 g/mol. The van der Waals surface area contributed by atoms with Gasteiger partial charge in [0.25, 0.3) is 5.91 Å². The zero-order chi connectivity index (χ0) is 17.8. The van der Waals surface area contributed by atoms with E-state index in [0.29, 0.717) is 34.5 Å². The number of amides is 1. The zero-order valence-electron chi connectivity index (χ0n) is 14.7. The van der Waals surface area contributed by atoms with Crippen LogP contribution in [0.4, 0.5) is 5.82 Å². The molecule has 0 atom stereocenters. The molecular weight excluding hydrogens is 322 g/mol. The molecule has 0 aliphatic heterocycles. The SMILES string of the molecule is COc1cc(C(=O)Nc2cc(C3CCCC3)[nH]n2)cc(OC)c1OC. The summed E-state index contributed by atoms with van der Waals surface area (Å²) >= 11 is 0. The van der Waals surface area contributed by atoms with Crippen LogP contribution in [0.25, 0.3) is 0 Å². The number of ether oxygens (including phenoxy) is 3. The summed E-state index contributed by atoms with van der Waals surface area (Å²) < 4.78 is 15.8. The highest BCUT2D eigenvalue weighted by molar-refractivity contribution is 6.04. The number of nitrogens with one attached hydrogen (secondary N) is 2. The molecular formula is C18H23N3O4. The minimum absolute atomic E-state index is 0.288. The summed E-state index contributed by atoms with van der Waals surface area (Å²) in [5.74, 6) is 2.05. The van der Waals surface area contributed by atoms with Crippen molar-refractivity contribution < 1.29 is 19.0 Å². The van der Waals surface area contributed by atoms with Gasteiger partial charge in [0, 0.05) is 23.2 Å². The average Bonchev–Trinajstić information content (AvgIpc) is 3.31. The van der Waals surface area contributed by atoms with Crippen LogP contribution < -0.4 is 19.5 Å². The highest BCUT2D eigenvalue weighted by Gasteiger charge is 2.21. The van der Waals surface area contributed by atoms with E-state index in [-0.39, 0.29) is 5.91 Å². The molecule has 0 bridgehead atoms. The Balaban J connectivity index is 1.79. The molecule has 3 rings (SSSR count). The zero-order valence-corrected chi connectivity index (χ0v) is 14.7. The summed E-state index contributed by atoms with van der Waals surface area (Å²) in [6.45, 7) is 0. The maximum atomic E-state index is 12.6. The summed E-state index contributed by atoms with van der Waals surface area (Å²) in [5, 5.41) is 10.0. The van der Waals surface area contributed by atoms with E-state index in [0.717, 1.165) is 5.69 Å². The van der Waals surface area contributed by atoms with E-state index in [1.807, 2.05) is 6.07 Å². The van der Waals surface area contributed by atoms with Gasteiger partial charge >= 0.3 is 0 Å². The largest absolute Gasteiger partial charge is 0.493 e. The molecule has 1 aliphatic rings. The Morgan fingerprint density at radius 1 is 1.08 bits per heavy atom. The number of methoxy groups -OCH3 is 3. The van der Waals surface area contributed by atoms with Crippen molar-refractivity contribution >= 4 is 11.7 Å². The van der Waals surface area contributed by atoms with Crippen LogP contribution in [0.2, 0.25) is 0 Å². The Bertz CT molecular complexity index is 726. The van der Waals surface area contributed by atoms with Crippen molar-refractivity contribution in [3.63, 3.8) is 0 Å². The number of benzene rings is 1. The average molecular weight is 345 g/mol. The predicted molar refractivity (Wildman–Crippen MR) is 93.8 cm³/mol. The van der Waals surface area contributed by atoms with E-state index in [2.05, 4.69) is 15.5 Å². The third kappa shape index (κ3) is 3.55. The number of nitrogens with zero attached hydrogens (tertiary/aromatic N) is 1. The minimum Gasteiger partial charge on any atom is -0.493 e. The van der Waals surface area contributed by atoms with Crippen LogP contribution in [-0.4, -0.2) is 37.4 Å². The smallest absolute Gasteiger partial charge is 0.257 e. The molecule has 7 heteroatoms. The molecule has 1 amide bonds. The molecule has 2 aromatic rings. The highest BCUT2D eigenvalue weighted by atomic mass is 16.5. The molecule has 1 saturated carbocycles. The van der Waals surface area contributed by atoms with Crippen molar-refractivity contribution in [2.45, 2.75) is 31.6 Å². The minimum atomic E-state index is -0.288. The normalized spacial score (nSPS) is 14.4. The molecule has 25 heavy (non-hydrogen) atoms. The Hall–Kier alpha value is -2.70. The molecule has 1 aliphatic carbocycles. The van der Waals surface area contributed by atoms with Gasteiger partial charge < -0.3 is 19.5 Å². The molecule has 134 valence electrons. The third-order valence-corrected chi connectivity index (χ3v) is 4.56. The van der Waals surface area contributed by atoms with E-state index in [1.165, 1.54) is 47.0 Å². The second-order valence-electron chi connectivity index (χ2n) is 6.06. The van der Waals surface area contributed by atoms with Gasteiger partial charge in [0.2, 0.25) is 5.75 Å². The second-order valence-corrected chi connectivity index (χ2v) is 6.06. The number of H-pyrrole nitrogens is 1. The fourth-order valence-electron chi connectivity index (χ4n) is 3.25. The van der Waals surface area contributed by atoms with Gasteiger partial charge in [0.05, 0.1) is 21.3 Å². The molecule has 1 aromatic carbocycles. The number of hydrogen-bond acceptors (Lipinski definition) is 5. The molecule has 0 unspecified atom stereocenters. The molecule has 1 aromatic heterocycles. The topological polar surface area (TPSA) is 85.5 Å². The Morgan fingerprint density at radius 3 is 2.28 bits per heavy atom. The quantitative estimate of drug-likeness (QED) is 0.838. The molecule has 1 fully saturated rings. The van der Waals surface area contributed by atoms with E-state index >= 15 is 0 Å². The summed E-state index contributed by atoms with van der Waals surface area (Å²) in [4.78, 5) is 12.6. The van der Waals surface area contributed by atoms with Crippen molar-refractivity contribution in [1.82, 2.24) is 10.2 Å². The van der Waals surface area contributed by atoms with Crippen molar-refractivity contribution in [3.05, 3.63) is 29.5 Å². The van der Waals surface area contributed by atoms with Gasteiger partial charge in [-0.2, -0.15) is 5.10 Å². The predicted octanol–water partition coefficient (Wildman–Crippen LogP) is 3.35. The lowest BCUT2D eigenvalue weighted by Crippen LogP contribution is -2.13. The summed E-state index contributed by atoms with van der Waals surface area (Å²) in [5.41, 5.74) is 1.48. The van der Waals surface area contributed by atoms with Crippen LogP contribution >= 0.6 is 0 Å². The first-order valence-corrected chi connectivity index (χ1v) is 8.33. The van der Waals surface area contributed by atoms with Gasteiger partial charge in [0.1, 0.15) is 0 Å².